The Labute approximate surface area is 75.0 Å². The lowest BCUT2D eigenvalue weighted by molar-refractivity contribution is -0.115. The van der Waals surface area contributed by atoms with Crippen LogP contribution in [-0.2, 0) is 4.79 Å². The van der Waals surface area contributed by atoms with Gasteiger partial charge in [-0.15, -0.1) is 6.42 Å². The number of nitrogens with one attached hydrogen (secondary N) is 1. The molecule has 13 heavy (non-hydrogen) atoms. The van der Waals surface area contributed by atoms with E-state index in [-0.39, 0.29) is 18.1 Å². The summed E-state index contributed by atoms with van der Waals surface area (Å²) in [6.07, 6.45) is 4.86. The van der Waals surface area contributed by atoms with Crippen LogP contribution in [0, 0.1) is 18.3 Å². The van der Waals surface area contributed by atoms with Gasteiger partial charge in [-0.05, 0) is 12.1 Å². The van der Waals surface area contributed by atoms with Gasteiger partial charge in [-0.2, -0.15) is 4.39 Å². The summed E-state index contributed by atoms with van der Waals surface area (Å²) in [6.45, 7) is 0. The van der Waals surface area contributed by atoms with Gasteiger partial charge in [0, 0.05) is 0 Å². The maximum Gasteiger partial charge on any atom is 0.237 e. The van der Waals surface area contributed by atoms with Crippen LogP contribution in [0.2, 0.25) is 0 Å². The number of aromatic nitrogens is 1. The maximum absolute atomic E-state index is 12.5. The van der Waals surface area contributed by atoms with E-state index in [2.05, 4.69) is 16.2 Å². The number of amides is 1. The predicted molar refractivity (Wildman–Crippen MR) is 46.3 cm³/mol. The molecule has 0 aliphatic carbocycles. The van der Waals surface area contributed by atoms with Crippen LogP contribution in [-0.4, -0.2) is 10.9 Å². The number of pyridine rings is 1. The molecule has 1 heterocycles. The Kier molecular flexibility index (Phi) is 2.98. The second-order valence-corrected chi connectivity index (χ2v) is 2.27. The number of carbonyl (C=O) groups is 1. The minimum Gasteiger partial charge on any atom is -0.310 e. The zero-order chi connectivity index (χ0) is 9.68. The van der Waals surface area contributed by atoms with Crippen LogP contribution < -0.4 is 5.32 Å². The molecule has 0 unspecified atom stereocenters. The summed E-state index contributed by atoms with van der Waals surface area (Å²) >= 11 is 0. The summed E-state index contributed by atoms with van der Waals surface area (Å²) < 4.78 is 12.5. The van der Waals surface area contributed by atoms with Gasteiger partial charge in [0.2, 0.25) is 11.9 Å². The molecule has 4 heteroatoms. The number of terminal acetylenes is 1. The van der Waals surface area contributed by atoms with Gasteiger partial charge in [0.15, 0.2) is 0 Å². The summed E-state index contributed by atoms with van der Waals surface area (Å²) in [6, 6.07) is 4.13. The van der Waals surface area contributed by atoms with Crippen molar-refractivity contribution in [1.82, 2.24) is 4.98 Å². The van der Waals surface area contributed by atoms with Crippen LogP contribution in [0.3, 0.4) is 0 Å². The topological polar surface area (TPSA) is 42.0 Å². The van der Waals surface area contributed by atoms with Crippen LogP contribution in [0.5, 0.6) is 0 Å². The van der Waals surface area contributed by atoms with E-state index in [9.17, 15) is 9.18 Å². The molecule has 1 aromatic heterocycles. The predicted octanol–water partition coefficient (Wildman–Crippen LogP) is 1.18. The van der Waals surface area contributed by atoms with Gasteiger partial charge in [0.05, 0.1) is 6.42 Å². The first-order valence-electron chi connectivity index (χ1n) is 3.58. The zero-order valence-corrected chi connectivity index (χ0v) is 6.75. The lowest BCUT2D eigenvalue weighted by atomic mass is 10.4. The molecule has 66 valence electrons. The van der Waals surface area contributed by atoms with Gasteiger partial charge >= 0.3 is 0 Å². The highest BCUT2D eigenvalue weighted by Crippen LogP contribution is 2.03. The normalized spacial score (nSPS) is 8.92. The van der Waals surface area contributed by atoms with Gasteiger partial charge in [0.25, 0.3) is 0 Å². The fourth-order valence-electron chi connectivity index (χ4n) is 0.758. The maximum atomic E-state index is 12.5. The molecule has 0 aliphatic heterocycles. The third kappa shape index (κ3) is 2.91. The first-order chi connectivity index (χ1) is 6.22. The molecule has 0 bridgehead atoms. The van der Waals surface area contributed by atoms with E-state index >= 15 is 0 Å². The average molecular weight is 178 g/mol. The van der Waals surface area contributed by atoms with E-state index in [1.54, 1.807) is 0 Å². The number of nitrogens with zero attached hydrogens (tertiary/aromatic N) is 1. The second kappa shape index (κ2) is 4.21. The van der Waals surface area contributed by atoms with Crippen molar-refractivity contribution < 1.29 is 9.18 Å². The van der Waals surface area contributed by atoms with Gasteiger partial charge in [-0.25, -0.2) is 4.98 Å². The molecule has 0 radical (unpaired) electrons. The number of hydrogen-bond acceptors (Lipinski definition) is 2. The highest BCUT2D eigenvalue weighted by atomic mass is 19.1. The molecule has 0 saturated carbocycles. The molecule has 0 atom stereocenters. The van der Waals surface area contributed by atoms with Gasteiger partial charge in [-0.1, -0.05) is 12.0 Å². The fourth-order valence-corrected chi connectivity index (χ4v) is 0.758. The molecule has 0 fully saturated rings. The lowest BCUT2D eigenvalue weighted by Crippen LogP contribution is -2.11. The van der Waals surface area contributed by atoms with Crippen LogP contribution >= 0.6 is 0 Å². The Morgan fingerprint density at radius 1 is 1.69 bits per heavy atom. The molecule has 0 spiro atoms. The monoisotopic (exact) mass is 178 g/mol. The number of halogens is 1. The third-order valence-corrected chi connectivity index (χ3v) is 1.25. The minimum absolute atomic E-state index is 0.0435. The highest BCUT2D eigenvalue weighted by molar-refractivity contribution is 5.91. The molecular formula is C9H7FN2O. The van der Waals surface area contributed by atoms with Crippen LogP contribution in [0.25, 0.3) is 0 Å². The van der Waals surface area contributed by atoms with Gasteiger partial charge < -0.3 is 5.32 Å². The summed E-state index contributed by atoms with van der Waals surface area (Å²) in [5, 5.41) is 2.35. The van der Waals surface area contributed by atoms with Crippen molar-refractivity contribution >= 4 is 11.7 Å². The van der Waals surface area contributed by atoms with E-state index in [0.717, 1.165) is 0 Å². The smallest absolute Gasteiger partial charge is 0.237 e. The Morgan fingerprint density at radius 3 is 3.08 bits per heavy atom. The SMILES string of the molecule is C#CCC(=O)Nc1cccc(F)n1. The second-order valence-electron chi connectivity index (χ2n) is 2.27. The number of hydrogen-bond donors (Lipinski definition) is 1. The molecule has 3 nitrogen and oxygen atoms in total. The van der Waals surface area contributed by atoms with Crippen LogP contribution in [0.4, 0.5) is 10.2 Å². The van der Waals surface area contributed by atoms with Crippen molar-refractivity contribution in [1.29, 1.82) is 0 Å². The average Bonchev–Trinajstić information content (AvgIpc) is 2.04. The van der Waals surface area contributed by atoms with Crippen molar-refractivity contribution in [3.63, 3.8) is 0 Å². The Balaban J connectivity index is 2.65. The fraction of sp³-hybridized carbons (Fsp3) is 0.111. The standard InChI is InChI=1S/C9H7FN2O/c1-2-4-9(13)12-8-6-3-5-7(10)11-8/h1,3,5-6H,4H2,(H,11,12,13). The quantitative estimate of drug-likeness (QED) is 0.545. The van der Waals surface area contributed by atoms with Crippen molar-refractivity contribution in [3.05, 3.63) is 24.1 Å². The Bertz CT molecular complexity index is 357. The van der Waals surface area contributed by atoms with E-state index in [0.29, 0.717) is 0 Å². The third-order valence-electron chi connectivity index (χ3n) is 1.25. The molecule has 1 aromatic rings. The molecule has 1 amide bonds. The van der Waals surface area contributed by atoms with Crippen molar-refractivity contribution in [3.8, 4) is 12.3 Å². The van der Waals surface area contributed by atoms with Crippen molar-refractivity contribution in [2.45, 2.75) is 6.42 Å². The number of carbonyl (C=O) groups excluding carboxylic acids is 1. The lowest BCUT2D eigenvalue weighted by Gasteiger charge is -2.00. The molecular weight excluding hydrogens is 171 g/mol. The largest absolute Gasteiger partial charge is 0.310 e. The Hall–Kier alpha value is -1.89. The zero-order valence-electron chi connectivity index (χ0n) is 6.75. The number of rotatable bonds is 2. The summed E-state index contributed by atoms with van der Waals surface area (Å²) in [5.41, 5.74) is 0. The molecule has 0 aliphatic rings. The van der Waals surface area contributed by atoms with E-state index < -0.39 is 5.95 Å². The highest BCUT2D eigenvalue weighted by Gasteiger charge is 2.01. The van der Waals surface area contributed by atoms with Crippen molar-refractivity contribution in [2.75, 3.05) is 5.32 Å². The first-order valence-corrected chi connectivity index (χ1v) is 3.58. The van der Waals surface area contributed by atoms with E-state index in [1.165, 1.54) is 18.2 Å². The van der Waals surface area contributed by atoms with E-state index in [4.69, 9.17) is 6.42 Å². The van der Waals surface area contributed by atoms with E-state index in [1.807, 2.05) is 0 Å². The van der Waals surface area contributed by atoms with Gasteiger partial charge in [0.1, 0.15) is 5.82 Å². The number of anilines is 1. The molecule has 1 N–H and O–H groups in total. The van der Waals surface area contributed by atoms with Crippen LogP contribution in [0.1, 0.15) is 6.42 Å². The summed E-state index contributed by atoms with van der Waals surface area (Å²) in [4.78, 5) is 14.3. The molecule has 0 aromatic carbocycles. The summed E-state index contributed by atoms with van der Waals surface area (Å²) in [7, 11) is 0. The minimum atomic E-state index is -0.640. The van der Waals surface area contributed by atoms with Crippen molar-refractivity contribution in [2.24, 2.45) is 0 Å². The molecule has 0 saturated heterocycles. The van der Waals surface area contributed by atoms with Crippen LogP contribution in [0.15, 0.2) is 18.2 Å². The summed E-state index contributed by atoms with van der Waals surface area (Å²) in [5.74, 6) is 1.32. The van der Waals surface area contributed by atoms with Gasteiger partial charge in [-0.3, -0.25) is 4.79 Å². The molecule has 1 rings (SSSR count). The Morgan fingerprint density at radius 2 is 2.46 bits per heavy atom. The first kappa shape index (κ1) is 9.20.